The molecule has 0 atom stereocenters. The molecule has 98 valence electrons. The molecule has 0 bridgehead atoms. The lowest BCUT2D eigenvalue weighted by atomic mass is 10.1. The molecule has 19 heavy (non-hydrogen) atoms. The van der Waals surface area contributed by atoms with Crippen LogP contribution in [-0.4, -0.2) is 12.2 Å². The fraction of sp³-hybridized carbons (Fsp3) is 0.133. The molecule has 0 aliphatic rings. The summed E-state index contributed by atoms with van der Waals surface area (Å²) in [6.45, 7) is 0. The number of halogens is 1. The summed E-state index contributed by atoms with van der Waals surface area (Å²) in [5, 5.41) is 2.89. The average molecular weight is 292 g/mol. The second kappa shape index (κ2) is 6.64. The van der Waals surface area contributed by atoms with Crippen molar-refractivity contribution in [2.45, 2.75) is 10.8 Å². The number of hydrogen-bond donors (Lipinski definition) is 1. The van der Waals surface area contributed by atoms with Gasteiger partial charge < -0.3 is 5.32 Å². The van der Waals surface area contributed by atoms with Crippen LogP contribution in [0.5, 0.6) is 0 Å². The summed E-state index contributed by atoms with van der Waals surface area (Å²) >= 11 is 7.36. The van der Waals surface area contributed by atoms with Gasteiger partial charge in [-0.25, -0.2) is 0 Å². The van der Waals surface area contributed by atoms with Crippen LogP contribution in [-0.2, 0) is 5.88 Å². The van der Waals surface area contributed by atoms with Crippen LogP contribution in [0, 0.1) is 0 Å². The maximum absolute atomic E-state index is 12.1. The zero-order valence-electron chi connectivity index (χ0n) is 10.5. The quantitative estimate of drug-likeness (QED) is 0.668. The Balaban J connectivity index is 2.11. The monoisotopic (exact) mass is 291 g/mol. The summed E-state index contributed by atoms with van der Waals surface area (Å²) in [4.78, 5) is 13.2. The van der Waals surface area contributed by atoms with Crippen LogP contribution in [0.1, 0.15) is 15.9 Å². The number of anilines is 1. The van der Waals surface area contributed by atoms with Gasteiger partial charge >= 0.3 is 0 Å². The lowest BCUT2D eigenvalue weighted by Crippen LogP contribution is -2.11. The maximum atomic E-state index is 12.1. The van der Waals surface area contributed by atoms with Gasteiger partial charge in [-0.2, -0.15) is 0 Å². The molecule has 4 heteroatoms. The van der Waals surface area contributed by atoms with Crippen LogP contribution < -0.4 is 5.32 Å². The highest BCUT2D eigenvalue weighted by atomic mass is 35.5. The maximum Gasteiger partial charge on any atom is 0.255 e. The van der Waals surface area contributed by atoms with E-state index >= 15 is 0 Å². The van der Waals surface area contributed by atoms with Crippen molar-refractivity contribution in [2.24, 2.45) is 0 Å². The SMILES string of the molecule is CSc1cccc(NC(=O)c2ccc(CCl)cc2)c1. The smallest absolute Gasteiger partial charge is 0.255 e. The van der Waals surface area contributed by atoms with Gasteiger partial charge in [-0.1, -0.05) is 18.2 Å². The third kappa shape index (κ3) is 3.75. The topological polar surface area (TPSA) is 29.1 Å². The third-order valence-corrected chi connectivity index (χ3v) is 3.73. The van der Waals surface area contributed by atoms with Crippen molar-refractivity contribution in [3.63, 3.8) is 0 Å². The van der Waals surface area contributed by atoms with Gasteiger partial charge in [0.1, 0.15) is 0 Å². The second-order valence-electron chi connectivity index (χ2n) is 4.02. The van der Waals surface area contributed by atoms with Gasteiger partial charge in [0, 0.05) is 22.0 Å². The zero-order valence-corrected chi connectivity index (χ0v) is 12.1. The first-order valence-corrected chi connectivity index (χ1v) is 7.59. The van der Waals surface area contributed by atoms with E-state index in [0.717, 1.165) is 16.1 Å². The molecule has 0 unspecified atom stereocenters. The van der Waals surface area contributed by atoms with Crippen LogP contribution in [0.2, 0.25) is 0 Å². The number of benzene rings is 2. The van der Waals surface area contributed by atoms with Crippen molar-refractivity contribution in [1.29, 1.82) is 0 Å². The lowest BCUT2D eigenvalue weighted by molar-refractivity contribution is 0.102. The minimum absolute atomic E-state index is 0.112. The molecule has 0 radical (unpaired) electrons. The summed E-state index contributed by atoms with van der Waals surface area (Å²) in [6.07, 6.45) is 2.01. The van der Waals surface area contributed by atoms with E-state index in [1.807, 2.05) is 42.7 Å². The Labute approximate surface area is 122 Å². The molecule has 0 saturated heterocycles. The average Bonchev–Trinajstić information content (AvgIpc) is 2.47. The van der Waals surface area contributed by atoms with E-state index in [2.05, 4.69) is 5.32 Å². The minimum Gasteiger partial charge on any atom is -0.322 e. The number of hydrogen-bond acceptors (Lipinski definition) is 2. The normalized spacial score (nSPS) is 10.2. The van der Waals surface area contributed by atoms with Gasteiger partial charge in [0.25, 0.3) is 5.91 Å². The van der Waals surface area contributed by atoms with Gasteiger partial charge in [0.2, 0.25) is 0 Å². The van der Waals surface area contributed by atoms with Crippen molar-refractivity contribution in [1.82, 2.24) is 0 Å². The standard InChI is InChI=1S/C15H14ClNOS/c1-19-14-4-2-3-13(9-14)17-15(18)12-7-5-11(10-16)6-8-12/h2-9H,10H2,1H3,(H,17,18). The molecular weight excluding hydrogens is 278 g/mol. The van der Waals surface area contributed by atoms with Crippen molar-refractivity contribution in [3.8, 4) is 0 Å². The highest BCUT2D eigenvalue weighted by molar-refractivity contribution is 7.98. The first kappa shape index (κ1) is 14.0. The predicted octanol–water partition coefficient (Wildman–Crippen LogP) is 4.40. The first-order chi connectivity index (χ1) is 9.22. The molecule has 0 spiro atoms. The Morgan fingerprint density at radius 1 is 1.21 bits per heavy atom. The zero-order chi connectivity index (χ0) is 13.7. The summed E-state index contributed by atoms with van der Waals surface area (Å²) in [5.41, 5.74) is 2.43. The number of rotatable bonds is 4. The molecule has 2 nitrogen and oxygen atoms in total. The van der Waals surface area contributed by atoms with E-state index in [9.17, 15) is 4.79 Å². The van der Waals surface area contributed by atoms with Crippen LogP contribution in [0.4, 0.5) is 5.69 Å². The molecule has 0 saturated carbocycles. The van der Waals surface area contributed by atoms with E-state index in [-0.39, 0.29) is 5.91 Å². The summed E-state index contributed by atoms with van der Waals surface area (Å²) in [6, 6.07) is 15.1. The third-order valence-electron chi connectivity index (χ3n) is 2.70. The van der Waals surface area contributed by atoms with Crippen LogP contribution in [0.25, 0.3) is 0 Å². The number of alkyl halides is 1. The van der Waals surface area contributed by atoms with Crippen LogP contribution >= 0.6 is 23.4 Å². The molecule has 2 aromatic carbocycles. The summed E-state index contributed by atoms with van der Waals surface area (Å²) < 4.78 is 0. The fourth-order valence-corrected chi connectivity index (χ4v) is 2.29. The number of carbonyl (C=O) groups is 1. The molecule has 0 heterocycles. The molecule has 2 aromatic rings. The highest BCUT2D eigenvalue weighted by Crippen LogP contribution is 2.19. The molecule has 0 fully saturated rings. The molecule has 0 aromatic heterocycles. The number of amides is 1. The molecule has 1 amide bonds. The number of thioether (sulfide) groups is 1. The van der Waals surface area contributed by atoms with Gasteiger partial charge in [0.15, 0.2) is 0 Å². The fourth-order valence-electron chi connectivity index (χ4n) is 1.65. The Bertz CT molecular complexity index is 569. The van der Waals surface area contributed by atoms with Crippen LogP contribution in [0.15, 0.2) is 53.4 Å². The first-order valence-electron chi connectivity index (χ1n) is 5.83. The molecule has 0 aliphatic heterocycles. The van der Waals surface area contributed by atoms with Crippen LogP contribution in [0.3, 0.4) is 0 Å². The molecule has 0 aliphatic carbocycles. The van der Waals surface area contributed by atoms with Gasteiger partial charge in [-0.15, -0.1) is 23.4 Å². The summed E-state index contributed by atoms with van der Waals surface area (Å²) in [7, 11) is 0. The number of nitrogens with one attached hydrogen (secondary N) is 1. The largest absolute Gasteiger partial charge is 0.322 e. The second-order valence-corrected chi connectivity index (χ2v) is 5.16. The predicted molar refractivity (Wildman–Crippen MR) is 82.2 cm³/mol. The van der Waals surface area contributed by atoms with E-state index < -0.39 is 0 Å². The van der Waals surface area contributed by atoms with E-state index in [4.69, 9.17) is 11.6 Å². The van der Waals surface area contributed by atoms with Gasteiger partial charge in [-0.3, -0.25) is 4.79 Å². The summed E-state index contributed by atoms with van der Waals surface area (Å²) in [5.74, 6) is 0.344. The van der Waals surface area contributed by atoms with Crippen molar-refractivity contribution < 1.29 is 4.79 Å². The van der Waals surface area contributed by atoms with Gasteiger partial charge in [-0.05, 0) is 42.2 Å². The Morgan fingerprint density at radius 2 is 1.95 bits per heavy atom. The van der Waals surface area contributed by atoms with Crippen molar-refractivity contribution in [2.75, 3.05) is 11.6 Å². The Morgan fingerprint density at radius 3 is 2.58 bits per heavy atom. The minimum atomic E-state index is -0.112. The van der Waals surface area contributed by atoms with E-state index in [1.54, 1.807) is 23.9 Å². The number of carbonyl (C=O) groups excluding carboxylic acids is 1. The van der Waals surface area contributed by atoms with E-state index in [1.165, 1.54) is 0 Å². The molecule has 2 rings (SSSR count). The highest BCUT2D eigenvalue weighted by Gasteiger charge is 2.06. The van der Waals surface area contributed by atoms with E-state index in [0.29, 0.717) is 11.4 Å². The van der Waals surface area contributed by atoms with Gasteiger partial charge in [0.05, 0.1) is 0 Å². The lowest BCUT2D eigenvalue weighted by Gasteiger charge is -2.07. The van der Waals surface area contributed by atoms with Crippen molar-refractivity contribution >= 4 is 35.0 Å². The van der Waals surface area contributed by atoms with Crippen molar-refractivity contribution in [3.05, 3.63) is 59.7 Å². The Hall–Kier alpha value is -1.45. The Kier molecular flexibility index (Phi) is 4.88. The molecule has 1 N–H and O–H groups in total. The molecular formula is C15H14ClNOS.